The minimum atomic E-state index is -3.64. The van der Waals surface area contributed by atoms with Crippen molar-refractivity contribution in [2.24, 2.45) is 0 Å². The highest BCUT2D eigenvalue weighted by Gasteiger charge is 2.23. The minimum Gasteiger partial charge on any atom is -0.350 e. The highest BCUT2D eigenvalue weighted by molar-refractivity contribution is 7.92. The summed E-state index contributed by atoms with van der Waals surface area (Å²) in [5.74, 6) is -2.41. The second-order valence-corrected chi connectivity index (χ2v) is 11.5. The first-order chi connectivity index (χ1) is 16.2. The van der Waals surface area contributed by atoms with E-state index in [0.29, 0.717) is 16.9 Å². The number of benzene rings is 2. The molecule has 0 spiro atoms. The Morgan fingerprint density at radius 1 is 1.11 bits per heavy atom. The lowest BCUT2D eigenvalue weighted by Crippen LogP contribution is -2.28. The molecule has 35 heavy (non-hydrogen) atoms. The van der Waals surface area contributed by atoms with Gasteiger partial charge in [0, 0.05) is 5.41 Å². The molecule has 7 nitrogen and oxygen atoms in total. The molecule has 0 fully saturated rings. The zero-order valence-electron chi connectivity index (χ0n) is 20.0. The van der Waals surface area contributed by atoms with E-state index in [1.165, 1.54) is 24.3 Å². The number of carbonyl (C=O) groups excluding carboxylic acids is 1. The lowest BCUT2D eigenvalue weighted by Gasteiger charge is -2.15. The third kappa shape index (κ3) is 6.58. The second kappa shape index (κ2) is 9.94. The van der Waals surface area contributed by atoms with E-state index in [4.69, 9.17) is 11.6 Å². The summed E-state index contributed by atoms with van der Waals surface area (Å²) >= 11 is 5.95. The van der Waals surface area contributed by atoms with Crippen LogP contribution in [0.25, 0.3) is 5.69 Å². The molecule has 11 heteroatoms. The monoisotopic (exact) mass is 524 g/mol. The van der Waals surface area contributed by atoms with Crippen LogP contribution in [0.3, 0.4) is 0 Å². The highest BCUT2D eigenvalue weighted by Crippen LogP contribution is 2.26. The van der Waals surface area contributed by atoms with E-state index in [2.05, 4.69) is 15.1 Å². The van der Waals surface area contributed by atoms with Crippen molar-refractivity contribution >= 4 is 33.2 Å². The molecule has 2 N–H and O–H groups in total. The van der Waals surface area contributed by atoms with Gasteiger partial charge in [-0.1, -0.05) is 38.4 Å². The largest absolute Gasteiger partial charge is 0.350 e. The summed E-state index contributed by atoms with van der Waals surface area (Å²) in [4.78, 5) is 12.8. The fourth-order valence-corrected chi connectivity index (χ4v) is 4.06. The van der Waals surface area contributed by atoms with Crippen LogP contribution in [-0.4, -0.2) is 30.4 Å². The van der Waals surface area contributed by atoms with Crippen molar-refractivity contribution < 1.29 is 22.0 Å². The number of amides is 1. The van der Waals surface area contributed by atoms with E-state index in [1.807, 2.05) is 26.8 Å². The van der Waals surface area contributed by atoms with Gasteiger partial charge in [0.25, 0.3) is 0 Å². The Bertz CT molecular complexity index is 1370. The fraction of sp³-hybridized carbons (Fsp3) is 0.333. The van der Waals surface area contributed by atoms with Gasteiger partial charge in [-0.15, -0.1) is 0 Å². The Kier molecular flexibility index (Phi) is 7.56. The van der Waals surface area contributed by atoms with Gasteiger partial charge < -0.3 is 5.32 Å². The maximum Gasteiger partial charge on any atom is 0.229 e. The van der Waals surface area contributed by atoms with Crippen molar-refractivity contribution in [3.63, 3.8) is 0 Å². The van der Waals surface area contributed by atoms with Gasteiger partial charge >= 0.3 is 0 Å². The lowest BCUT2D eigenvalue weighted by atomic mass is 9.92. The Morgan fingerprint density at radius 3 is 2.37 bits per heavy atom. The average molecular weight is 525 g/mol. The highest BCUT2D eigenvalue weighted by atomic mass is 35.5. The number of nitrogens with one attached hydrogen (secondary N) is 2. The smallest absolute Gasteiger partial charge is 0.229 e. The van der Waals surface area contributed by atoms with Crippen LogP contribution in [0.2, 0.25) is 5.02 Å². The average Bonchev–Trinajstić information content (AvgIpc) is 3.19. The molecule has 0 aliphatic heterocycles. The molecule has 0 radical (unpaired) electrons. The number of nitrogens with zero attached hydrogens (tertiary/aromatic N) is 2. The normalized spacial score (nSPS) is 12.9. The molecule has 1 heterocycles. The minimum absolute atomic E-state index is 0.0465. The number of sulfonamides is 1. The molecular weight excluding hydrogens is 498 g/mol. The molecule has 1 aromatic heterocycles. The van der Waals surface area contributed by atoms with Gasteiger partial charge in [-0.25, -0.2) is 21.9 Å². The molecule has 1 atom stereocenters. The van der Waals surface area contributed by atoms with Crippen molar-refractivity contribution in [2.45, 2.75) is 45.6 Å². The first-order valence-corrected chi connectivity index (χ1v) is 13.0. The van der Waals surface area contributed by atoms with Gasteiger partial charge in [0.1, 0.15) is 11.6 Å². The Labute approximate surface area is 208 Å². The maximum atomic E-state index is 14.4. The van der Waals surface area contributed by atoms with Gasteiger partial charge in [0.2, 0.25) is 15.9 Å². The summed E-state index contributed by atoms with van der Waals surface area (Å²) in [5, 5.41) is 7.42. The summed E-state index contributed by atoms with van der Waals surface area (Å²) < 4.78 is 54.4. The Balaban J connectivity index is 1.82. The molecule has 1 unspecified atom stereocenters. The SMILES string of the molecule is CC(C(=O)NCc1cc(C(C)(C)C)nn1-c1ccc(F)c(Cl)c1)c1ccc(NS(C)(=O)=O)c(F)c1. The third-order valence-corrected chi connectivity index (χ3v) is 6.21. The molecule has 0 saturated carbocycles. The summed E-state index contributed by atoms with van der Waals surface area (Å²) in [6, 6.07) is 10.00. The molecule has 0 aliphatic rings. The van der Waals surface area contributed by atoms with E-state index in [-0.39, 0.29) is 28.6 Å². The van der Waals surface area contributed by atoms with Crippen molar-refractivity contribution in [1.29, 1.82) is 0 Å². The number of anilines is 1. The number of hydrogen-bond donors (Lipinski definition) is 2. The first kappa shape index (κ1) is 26.6. The van der Waals surface area contributed by atoms with Crippen LogP contribution in [0.5, 0.6) is 0 Å². The van der Waals surface area contributed by atoms with Crippen molar-refractivity contribution in [1.82, 2.24) is 15.1 Å². The molecule has 2 aromatic carbocycles. The summed E-state index contributed by atoms with van der Waals surface area (Å²) in [6.45, 7) is 7.72. The summed E-state index contributed by atoms with van der Waals surface area (Å²) in [7, 11) is -3.64. The van der Waals surface area contributed by atoms with Crippen LogP contribution in [0.4, 0.5) is 14.5 Å². The molecule has 3 aromatic rings. The number of halogens is 3. The Morgan fingerprint density at radius 2 is 1.80 bits per heavy atom. The van der Waals surface area contributed by atoms with Crippen LogP contribution in [0.15, 0.2) is 42.5 Å². The third-order valence-electron chi connectivity index (χ3n) is 5.32. The van der Waals surface area contributed by atoms with Crippen molar-refractivity contribution in [3.8, 4) is 5.69 Å². The molecule has 1 amide bonds. The molecular formula is C24H27ClF2N4O3S. The van der Waals surface area contributed by atoms with Gasteiger partial charge in [-0.3, -0.25) is 9.52 Å². The van der Waals surface area contributed by atoms with Gasteiger partial charge in [0.05, 0.1) is 46.5 Å². The number of hydrogen-bond acceptors (Lipinski definition) is 4. The van der Waals surface area contributed by atoms with Crippen LogP contribution in [-0.2, 0) is 26.8 Å². The predicted molar refractivity (Wildman–Crippen MR) is 132 cm³/mol. The van der Waals surface area contributed by atoms with Crippen molar-refractivity contribution in [3.05, 3.63) is 76.1 Å². The van der Waals surface area contributed by atoms with E-state index in [9.17, 15) is 22.0 Å². The number of aromatic nitrogens is 2. The quantitative estimate of drug-likeness (QED) is 0.460. The van der Waals surface area contributed by atoms with E-state index in [1.54, 1.807) is 17.7 Å². The zero-order chi connectivity index (χ0) is 26.1. The van der Waals surface area contributed by atoms with Crippen LogP contribution in [0, 0.1) is 11.6 Å². The fourth-order valence-electron chi connectivity index (χ4n) is 3.32. The molecule has 3 rings (SSSR count). The number of carbonyl (C=O) groups is 1. The number of rotatable bonds is 7. The van der Waals surface area contributed by atoms with E-state index >= 15 is 0 Å². The van der Waals surface area contributed by atoms with Crippen LogP contribution in [0.1, 0.15) is 50.6 Å². The summed E-state index contributed by atoms with van der Waals surface area (Å²) in [6.07, 6.45) is 0.923. The summed E-state index contributed by atoms with van der Waals surface area (Å²) in [5.41, 5.74) is 1.87. The Hall–Kier alpha value is -2.98. The molecule has 188 valence electrons. The first-order valence-electron chi connectivity index (χ1n) is 10.8. The van der Waals surface area contributed by atoms with Crippen LogP contribution >= 0.6 is 11.6 Å². The zero-order valence-corrected chi connectivity index (χ0v) is 21.6. The standard InChI is InChI=1S/C24H27ClF2N4O3S/c1-14(15-6-9-21(20(27)10-15)30-35(5,33)34)23(32)28-13-17-12-22(24(2,3)4)29-31(17)16-7-8-19(26)18(25)11-16/h6-12,14,30H,13H2,1-5H3,(H,28,32). The lowest BCUT2D eigenvalue weighted by molar-refractivity contribution is -0.122. The molecule has 0 bridgehead atoms. The predicted octanol–water partition coefficient (Wildman–Crippen LogP) is 4.89. The van der Waals surface area contributed by atoms with E-state index in [0.717, 1.165) is 18.0 Å². The second-order valence-electron chi connectivity index (χ2n) is 9.33. The van der Waals surface area contributed by atoms with E-state index < -0.39 is 27.6 Å². The molecule has 0 saturated heterocycles. The molecule has 0 aliphatic carbocycles. The van der Waals surface area contributed by atoms with Crippen LogP contribution < -0.4 is 10.0 Å². The maximum absolute atomic E-state index is 14.4. The topological polar surface area (TPSA) is 93.1 Å². The van der Waals surface area contributed by atoms with Gasteiger partial charge in [-0.05, 0) is 48.9 Å². The van der Waals surface area contributed by atoms with Crippen molar-refractivity contribution in [2.75, 3.05) is 11.0 Å². The van der Waals surface area contributed by atoms with Gasteiger partial charge in [-0.2, -0.15) is 5.10 Å². The van der Waals surface area contributed by atoms with Gasteiger partial charge in [0.15, 0.2) is 0 Å².